The SMILES string of the molecule is N#Cc1ccc(C(=O)N2CCCC2c2nc(-c3cccc(C(F)(F)F)c3)no2)c(F)c1. The summed E-state index contributed by atoms with van der Waals surface area (Å²) in [5.74, 6) is -1.38. The van der Waals surface area contributed by atoms with E-state index in [4.69, 9.17) is 9.78 Å². The number of nitriles is 1. The van der Waals surface area contributed by atoms with Crippen molar-refractivity contribution in [2.24, 2.45) is 0 Å². The molecular weight excluding hydrogens is 416 g/mol. The lowest BCUT2D eigenvalue weighted by molar-refractivity contribution is -0.137. The summed E-state index contributed by atoms with van der Waals surface area (Å²) in [7, 11) is 0. The van der Waals surface area contributed by atoms with Crippen LogP contribution in [0.5, 0.6) is 0 Å². The van der Waals surface area contributed by atoms with E-state index >= 15 is 0 Å². The number of likely N-dealkylation sites (tertiary alicyclic amines) is 1. The average Bonchev–Trinajstić information content (AvgIpc) is 3.42. The maximum Gasteiger partial charge on any atom is 0.416 e. The van der Waals surface area contributed by atoms with Crippen LogP contribution in [0.1, 0.15) is 46.3 Å². The predicted octanol–water partition coefficient (Wildman–Crippen LogP) is 4.74. The molecule has 158 valence electrons. The maximum atomic E-state index is 14.3. The third kappa shape index (κ3) is 3.99. The van der Waals surface area contributed by atoms with Crippen LogP contribution in [0.4, 0.5) is 17.6 Å². The van der Waals surface area contributed by atoms with Crippen LogP contribution in [-0.2, 0) is 6.18 Å². The Bertz CT molecular complexity index is 1180. The normalized spacial score (nSPS) is 16.4. The summed E-state index contributed by atoms with van der Waals surface area (Å²) < 4.78 is 58.4. The molecule has 2 heterocycles. The van der Waals surface area contributed by atoms with Crippen molar-refractivity contribution in [1.82, 2.24) is 15.0 Å². The van der Waals surface area contributed by atoms with Crippen molar-refractivity contribution in [1.29, 1.82) is 5.26 Å². The van der Waals surface area contributed by atoms with Crippen molar-refractivity contribution in [3.63, 3.8) is 0 Å². The average molecular weight is 430 g/mol. The molecule has 1 fully saturated rings. The molecule has 1 aliphatic heterocycles. The van der Waals surface area contributed by atoms with E-state index in [1.165, 1.54) is 29.2 Å². The number of halogens is 4. The molecule has 0 spiro atoms. The van der Waals surface area contributed by atoms with Crippen molar-refractivity contribution in [3.8, 4) is 17.5 Å². The number of aromatic nitrogens is 2. The number of carbonyl (C=O) groups is 1. The number of hydrogen-bond donors (Lipinski definition) is 0. The van der Waals surface area contributed by atoms with Gasteiger partial charge in [-0.2, -0.15) is 23.4 Å². The largest absolute Gasteiger partial charge is 0.416 e. The van der Waals surface area contributed by atoms with Crippen LogP contribution in [0.2, 0.25) is 0 Å². The second-order valence-electron chi connectivity index (χ2n) is 7.00. The number of benzene rings is 2. The monoisotopic (exact) mass is 430 g/mol. The summed E-state index contributed by atoms with van der Waals surface area (Å²) in [5, 5.41) is 12.6. The minimum Gasteiger partial charge on any atom is -0.337 e. The third-order valence-electron chi connectivity index (χ3n) is 5.02. The molecule has 1 unspecified atom stereocenters. The minimum absolute atomic E-state index is 0.0371. The van der Waals surface area contributed by atoms with E-state index < -0.39 is 29.5 Å². The standard InChI is InChI=1S/C21H14F4N4O2/c22-16-9-12(11-26)6-7-15(16)20(30)29-8-2-5-17(29)19-27-18(28-31-19)13-3-1-4-14(10-13)21(23,24)25/h1,3-4,6-7,9-10,17H,2,5,8H2. The Balaban J connectivity index is 1.60. The molecule has 0 bridgehead atoms. The highest BCUT2D eigenvalue weighted by atomic mass is 19.4. The fraction of sp³-hybridized carbons (Fsp3) is 0.238. The van der Waals surface area contributed by atoms with Crippen molar-refractivity contribution in [2.45, 2.75) is 25.1 Å². The zero-order valence-electron chi connectivity index (χ0n) is 15.9. The van der Waals surface area contributed by atoms with Crippen LogP contribution in [0.25, 0.3) is 11.4 Å². The molecule has 0 N–H and O–H groups in total. The molecule has 3 aromatic rings. The topological polar surface area (TPSA) is 83.0 Å². The van der Waals surface area contributed by atoms with Crippen LogP contribution in [0, 0.1) is 17.1 Å². The highest BCUT2D eigenvalue weighted by Gasteiger charge is 2.36. The number of amides is 1. The van der Waals surface area contributed by atoms with Crippen LogP contribution in [0.3, 0.4) is 0 Å². The molecule has 0 aliphatic carbocycles. The molecule has 0 radical (unpaired) electrons. The van der Waals surface area contributed by atoms with E-state index in [0.29, 0.717) is 19.4 Å². The molecule has 1 aliphatic rings. The zero-order chi connectivity index (χ0) is 22.2. The number of hydrogen-bond acceptors (Lipinski definition) is 5. The van der Waals surface area contributed by atoms with E-state index in [9.17, 15) is 22.4 Å². The molecule has 1 saturated heterocycles. The van der Waals surface area contributed by atoms with Gasteiger partial charge in [-0.05, 0) is 43.2 Å². The maximum absolute atomic E-state index is 14.3. The van der Waals surface area contributed by atoms with Crippen LogP contribution < -0.4 is 0 Å². The molecule has 6 nitrogen and oxygen atoms in total. The van der Waals surface area contributed by atoms with Gasteiger partial charge in [-0.1, -0.05) is 17.3 Å². The second kappa shape index (κ2) is 7.83. The molecule has 10 heteroatoms. The first kappa shape index (κ1) is 20.5. The Hall–Kier alpha value is -3.74. The molecule has 1 aromatic heterocycles. The lowest BCUT2D eigenvalue weighted by atomic mass is 10.1. The Labute approximate surface area is 173 Å². The van der Waals surface area contributed by atoms with Gasteiger partial charge in [-0.15, -0.1) is 0 Å². The minimum atomic E-state index is -4.51. The van der Waals surface area contributed by atoms with Gasteiger partial charge in [0.05, 0.1) is 22.8 Å². The molecule has 31 heavy (non-hydrogen) atoms. The fourth-order valence-corrected chi connectivity index (χ4v) is 3.50. The summed E-state index contributed by atoms with van der Waals surface area (Å²) in [5.41, 5.74) is -0.817. The lowest BCUT2D eigenvalue weighted by Crippen LogP contribution is -2.31. The lowest BCUT2D eigenvalue weighted by Gasteiger charge is -2.22. The smallest absolute Gasteiger partial charge is 0.337 e. The van der Waals surface area contributed by atoms with Crippen molar-refractivity contribution in [3.05, 3.63) is 70.9 Å². The van der Waals surface area contributed by atoms with Crippen molar-refractivity contribution in [2.75, 3.05) is 6.54 Å². The Kier molecular flexibility index (Phi) is 5.19. The molecule has 1 amide bonds. The molecule has 2 aromatic carbocycles. The van der Waals surface area contributed by atoms with Crippen LogP contribution >= 0.6 is 0 Å². The highest BCUT2D eigenvalue weighted by molar-refractivity contribution is 5.95. The fourth-order valence-electron chi connectivity index (χ4n) is 3.50. The van der Waals surface area contributed by atoms with Crippen molar-refractivity contribution < 1.29 is 26.9 Å². The second-order valence-corrected chi connectivity index (χ2v) is 7.00. The molecular formula is C21H14F4N4O2. The Morgan fingerprint density at radius 2 is 2.03 bits per heavy atom. The Morgan fingerprint density at radius 1 is 1.23 bits per heavy atom. The van der Waals surface area contributed by atoms with Gasteiger partial charge >= 0.3 is 6.18 Å². The van der Waals surface area contributed by atoms with Gasteiger partial charge in [0.1, 0.15) is 11.9 Å². The van der Waals surface area contributed by atoms with E-state index in [1.807, 2.05) is 0 Å². The summed E-state index contributed by atoms with van der Waals surface area (Å²) in [6.07, 6.45) is -3.42. The van der Waals surface area contributed by atoms with E-state index in [-0.39, 0.29) is 28.4 Å². The summed E-state index contributed by atoms with van der Waals surface area (Å²) >= 11 is 0. The molecule has 0 saturated carbocycles. The van der Waals surface area contributed by atoms with Crippen LogP contribution in [0.15, 0.2) is 47.0 Å². The predicted molar refractivity (Wildman–Crippen MR) is 98.9 cm³/mol. The highest BCUT2D eigenvalue weighted by Crippen LogP contribution is 2.35. The first-order valence-corrected chi connectivity index (χ1v) is 9.30. The first-order chi connectivity index (χ1) is 14.8. The number of nitrogens with zero attached hydrogens (tertiary/aromatic N) is 4. The van der Waals surface area contributed by atoms with E-state index in [2.05, 4.69) is 10.1 Å². The van der Waals surface area contributed by atoms with Gasteiger partial charge in [0.15, 0.2) is 0 Å². The molecule has 4 rings (SSSR count). The van der Waals surface area contributed by atoms with Gasteiger partial charge in [-0.3, -0.25) is 4.79 Å². The quantitative estimate of drug-likeness (QED) is 0.561. The van der Waals surface area contributed by atoms with Gasteiger partial charge in [-0.25, -0.2) is 4.39 Å². The van der Waals surface area contributed by atoms with E-state index in [0.717, 1.165) is 18.2 Å². The van der Waals surface area contributed by atoms with Crippen LogP contribution in [-0.4, -0.2) is 27.5 Å². The van der Waals surface area contributed by atoms with Gasteiger partial charge in [0.25, 0.3) is 5.91 Å². The van der Waals surface area contributed by atoms with Gasteiger partial charge in [0.2, 0.25) is 11.7 Å². The van der Waals surface area contributed by atoms with Gasteiger partial charge in [0, 0.05) is 12.1 Å². The Morgan fingerprint density at radius 3 is 2.74 bits per heavy atom. The summed E-state index contributed by atoms with van der Waals surface area (Å²) in [6, 6.07) is 9.27. The summed E-state index contributed by atoms with van der Waals surface area (Å²) in [6.45, 7) is 0.324. The van der Waals surface area contributed by atoms with Crippen molar-refractivity contribution >= 4 is 5.91 Å². The third-order valence-corrected chi connectivity index (χ3v) is 5.02. The first-order valence-electron chi connectivity index (χ1n) is 9.30. The van der Waals surface area contributed by atoms with Gasteiger partial charge < -0.3 is 9.42 Å². The number of rotatable bonds is 3. The zero-order valence-corrected chi connectivity index (χ0v) is 15.9. The number of alkyl halides is 3. The number of carbonyl (C=O) groups excluding carboxylic acids is 1. The van der Waals surface area contributed by atoms with E-state index in [1.54, 1.807) is 6.07 Å². The summed E-state index contributed by atoms with van der Waals surface area (Å²) in [4.78, 5) is 18.4. The molecule has 1 atom stereocenters.